The lowest BCUT2D eigenvalue weighted by atomic mass is 10.0. The molecule has 2 aliphatic rings. The van der Waals surface area contributed by atoms with Gasteiger partial charge in [-0.2, -0.15) is 5.10 Å². The second kappa shape index (κ2) is 7.48. The van der Waals surface area contributed by atoms with Crippen LogP contribution in [0.1, 0.15) is 49.4 Å². The predicted molar refractivity (Wildman–Crippen MR) is 97.1 cm³/mol. The van der Waals surface area contributed by atoms with Crippen LogP contribution in [0.4, 0.5) is 16.3 Å². The van der Waals surface area contributed by atoms with Gasteiger partial charge in [0.1, 0.15) is 11.8 Å². The minimum Gasteiger partial charge on any atom is -0.446 e. The van der Waals surface area contributed by atoms with Crippen molar-refractivity contribution in [3.8, 4) is 11.8 Å². The zero-order valence-corrected chi connectivity index (χ0v) is 14.4. The van der Waals surface area contributed by atoms with Crippen LogP contribution in [0, 0.1) is 11.8 Å². The van der Waals surface area contributed by atoms with Crippen LogP contribution in [0.15, 0.2) is 24.4 Å². The average Bonchev–Trinajstić information content (AvgIpc) is 3.27. The number of alkyl carbamates (subject to hydrolysis) is 1. The SMILES string of the molecule is O=C1NCCCC#Cc2cc(ccn2)Nc2cc([nH]n2)C2CCC(C2)O1. The van der Waals surface area contributed by atoms with Crippen LogP contribution < -0.4 is 10.6 Å². The van der Waals surface area contributed by atoms with Gasteiger partial charge in [-0.3, -0.25) is 5.10 Å². The molecule has 1 fully saturated rings. The van der Waals surface area contributed by atoms with E-state index >= 15 is 0 Å². The van der Waals surface area contributed by atoms with Crippen molar-refractivity contribution in [3.05, 3.63) is 35.8 Å². The largest absolute Gasteiger partial charge is 0.446 e. The van der Waals surface area contributed by atoms with Crippen molar-refractivity contribution in [2.24, 2.45) is 0 Å². The maximum Gasteiger partial charge on any atom is 0.407 e. The van der Waals surface area contributed by atoms with E-state index in [1.165, 1.54) is 0 Å². The number of carbonyl (C=O) groups is 1. The molecule has 2 atom stereocenters. The third-order valence-corrected chi connectivity index (χ3v) is 4.69. The number of aromatic nitrogens is 3. The quantitative estimate of drug-likeness (QED) is 0.635. The van der Waals surface area contributed by atoms with Crippen LogP contribution in [0.5, 0.6) is 0 Å². The molecule has 3 heterocycles. The van der Waals surface area contributed by atoms with Crippen LogP contribution in [0.25, 0.3) is 0 Å². The summed E-state index contributed by atoms with van der Waals surface area (Å²) in [6, 6.07) is 5.82. The van der Waals surface area contributed by atoms with Crippen LogP contribution in [0.2, 0.25) is 0 Å². The number of hydrogen-bond acceptors (Lipinski definition) is 5. The van der Waals surface area contributed by atoms with Crippen molar-refractivity contribution < 1.29 is 9.53 Å². The van der Waals surface area contributed by atoms with E-state index in [1.54, 1.807) is 6.20 Å². The molecule has 7 heteroatoms. The number of nitrogens with one attached hydrogen (secondary N) is 3. The fraction of sp³-hybridized carbons (Fsp3) is 0.421. The number of anilines is 2. The molecule has 2 unspecified atom stereocenters. The Hall–Kier alpha value is -3.01. The second-order valence-electron chi connectivity index (χ2n) is 6.63. The molecule has 1 amide bonds. The molecule has 26 heavy (non-hydrogen) atoms. The lowest BCUT2D eigenvalue weighted by Crippen LogP contribution is -2.28. The summed E-state index contributed by atoms with van der Waals surface area (Å²) < 4.78 is 5.52. The highest BCUT2D eigenvalue weighted by Crippen LogP contribution is 2.36. The standard InChI is InChI=1S/C19H21N5O2/c25-19-21-8-3-1-2-4-14-11-15(7-9-20-14)22-18-12-17(23-24-18)13-5-6-16(10-13)26-19/h7,9,11-13,16H,1,3,5-6,8,10H2,(H,21,25)(H2,22,23,24). The van der Waals surface area contributed by atoms with E-state index in [0.717, 1.165) is 42.9 Å². The highest BCUT2D eigenvalue weighted by atomic mass is 16.6. The topological polar surface area (TPSA) is 91.9 Å². The molecule has 6 bridgehead atoms. The fourth-order valence-corrected chi connectivity index (χ4v) is 3.38. The molecule has 0 spiro atoms. The number of rotatable bonds is 0. The number of aromatic amines is 1. The number of amides is 1. The van der Waals surface area contributed by atoms with Crippen LogP contribution in [-0.4, -0.2) is 33.9 Å². The third kappa shape index (κ3) is 3.97. The summed E-state index contributed by atoms with van der Waals surface area (Å²) in [4.78, 5) is 16.2. The van der Waals surface area contributed by atoms with E-state index in [4.69, 9.17) is 4.74 Å². The Labute approximate surface area is 151 Å². The Morgan fingerprint density at radius 3 is 3.19 bits per heavy atom. The molecular weight excluding hydrogens is 330 g/mol. The lowest BCUT2D eigenvalue weighted by Gasteiger charge is -2.13. The fourth-order valence-electron chi connectivity index (χ4n) is 3.38. The smallest absolute Gasteiger partial charge is 0.407 e. The molecule has 4 rings (SSSR count). The molecule has 2 aromatic heterocycles. The predicted octanol–water partition coefficient (Wildman–Crippen LogP) is 3.06. The molecule has 0 saturated heterocycles. The first-order chi connectivity index (χ1) is 12.8. The number of H-pyrrole nitrogens is 1. The van der Waals surface area contributed by atoms with E-state index in [2.05, 4.69) is 37.7 Å². The Kier molecular flexibility index (Phi) is 4.73. The number of nitrogens with zero attached hydrogens (tertiary/aromatic N) is 2. The Morgan fingerprint density at radius 2 is 2.23 bits per heavy atom. The zero-order valence-electron chi connectivity index (χ0n) is 14.4. The van der Waals surface area contributed by atoms with Gasteiger partial charge in [-0.05, 0) is 43.7 Å². The van der Waals surface area contributed by atoms with Crippen molar-refractivity contribution in [3.63, 3.8) is 0 Å². The van der Waals surface area contributed by atoms with E-state index < -0.39 is 0 Å². The number of carbonyl (C=O) groups excluding carboxylic acids is 1. The van der Waals surface area contributed by atoms with Gasteiger partial charge in [0, 0.05) is 42.5 Å². The molecule has 2 aromatic rings. The Bertz CT molecular complexity index is 851. The van der Waals surface area contributed by atoms with Gasteiger partial charge in [-0.1, -0.05) is 5.92 Å². The molecular formula is C19H21N5O2. The number of ether oxygens (including phenoxy) is 1. The monoisotopic (exact) mass is 351 g/mol. The number of hydrogen-bond donors (Lipinski definition) is 3. The average molecular weight is 351 g/mol. The highest BCUT2D eigenvalue weighted by Gasteiger charge is 2.29. The first kappa shape index (κ1) is 16.5. The molecule has 1 aliphatic carbocycles. The maximum atomic E-state index is 11.9. The van der Waals surface area contributed by atoms with Crippen LogP contribution in [-0.2, 0) is 4.74 Å². The van der Waals surface area contributed by atoms with Crippen molar-refractivity contribution in [2.45, 2.75) is 44.1 Å². The van der Waals surface area contributed by atoms with Gasteiger partial charge in [-0.15, -0.1) is 0 Å². The van der Waals surface area contributed by atoms with E-state index in [9.17, 15) is 4.79 Å². The molecule has 134 valence electrons. The van der Waals surface area contributed by atoms with E-state index in [1.807, 2.05) is 18.2 Å². The maximum absolute atomic E-state index is 11.9. The van der Waals surface area contributed by atoms with Crippen molar-refractivity contribution in [1.29, 1.82) is 0 Å². The zero-order chi connectivity index (χ0) is 17.8. The van der Waals surface area contributed by atoms with Gasteiger partial charge >= 0.3 is 6.09 Å². The van der Waals surface area contributed by atoms with Gasteiger partial charge < -0.3 is 15.4 Å². The summed E-state index contributed by atoms with van der Waals surface area (Å²) in [7, 11) is 0. The Balaban J connectivity index is 1.56. The van der Waals surface area contributed by atoms with Crippen molar-refractivity contribution >= 4 is 17.6 Å². The van der Waals surface area contributed by atoms with Gasteiger partial charge in [0.25, 0.3) is 0 Å². The first-order valence-corrected chi connectivity index (χ1v) is 8.98. The molecule has 1 aliphatic heterocycles. The number of pyridine rings is 1. The highest BCUT2D eigenvalue weighted by molar-refractivity contribution is 5.67. The molecule has 1 saturated carbocycles. The van der Waals surface area contributed by atoms with Crippen LogP contribution >= 0.6 is 0 Å². The van der Waals surface area contributed by atoms with Crippen molar-refractivity contribution in [2.75, 3.05) is 11.9 Å². The van der Waals surface area contributed by atoms with Gasteiger partial charge in [-0.25, -0.2) is 9.78 Å². The summed E-state index contributed by atoms with van der Waals surface area (Å²) >= 11 is 0. The number of fused-ring (bicyclic) bond motifs is 7. The summed E-state index contributed by atoms with van der Waals surface area (Å²) in [5, 5.41) is 13.5. The van der Waals surface area contributed by atoms with Gasteiger partial charge in [0.15, 0.2) is 5.82 Å². The van der Waals surface area contributed by atoms with Crippen LogP contribution in [0.3, 0.4) is 0 Å². The third-order valence-electron chi connectivity index (χ3n) is 4.69. The minimum atomic E-state index is -0.342. The Morgan fingerprint density at radius 1 is 1.27 bits per heavy atom. The molecule has 0 radical (unpaired) electrons. The second-order valence-corrected chi connectivity index (χ2v) is 6.63. The normalized spacial score (nSPS) is 22.7. The molecule has 7 nitrogen and oxygen atoms in total. The molecule has 3 N–H and O–H groups in total. The van der Waals surface area contributed by atoms with Crippen molar-refractivity contribution in [1.82, 2.24) is 20.5 Å². The van der Waals surface area contributed by atoms with Gasteiger partial charge in [0.2, 0.25) is 0 Å². The van der Waals surface area contributed by atoms with E-state index in [0.29, 0.717) is 24.6 Å². The first-order valence-electron chi connectivity index (χ1n) is 8.98. The van der Waals surface area contributed by atoms with E-state index in [-0.39, 0.29) is 12.2 Å². The lowest BCUT2D eigenvalue weighted by molar-refractivity contribution is 0.100. The summed E-state index contributed by atoms with van der Waals surface area (Å²) in [5.41, 5.74) is 2.68. The summed E-state index contributed by atoms with van der Waals surface area (Å²) in [5.74, 6) is 7.22. The molecule has 0 aromatic carbocycles. The minimum absolute atomic E-state index is 0.0406. The summed E-state index contributed by atoms with van der Waals surface area (Å²) in [6.07, 6.45) is 5.49. The summed E-state index contributed by atoms with van der Waals surface area (Å²) in [6.45, 7) is 0.558. The van der Waals surface area contributed by atoms with Gasteiger partial charge in [0.05, 0.1) is 0 Å².